The Bertz CT molecular complexity index is 801. The Morgan fingerprint density at radius 1 is 1.05 bits per heavy atom. The lowest BCUT2D eigenvalue weighted by atomic mass is 10.3. The third-order valence-corrected chi connectivity index (χ3v) is 4.75. The minimum Gasteiger partial charge on any atom is -0.299 e. The molecule has 3 nitrogen and oxygen atoms in total. The smallest absolute Gasteiger partial charge is 0.148 e. The van der Waals surface area contributed by atoms with Crippen LogP contribution in [-0.2, 0) is 0 Å². The van der Waals surface area contributed by atoms with Gasteiger partial charge in [0, 0.05) is 31.2 Å². The van der Waals surface area contributed by atoms with E-state index in [9.17, 15) is 0 Å². The highest BCUT2D eigenvalue weighted by Gasteiger charge is 2.14. The number of halogens is 3. The number of fused-ring (bicyclic) bond motifs is 1. The number of hydrogen-bond donors (Lipinski definition) is 0. The summed E-state index contributed by atoms with van der Waals surface area (Å²) in [5.74, 6) is 0.765. The van der Waals surface area contributed by atoms with Gasteiger partial charge in [0.25, 0.3) is 0 Å². The number of rotatable bonds is 1. The Hall–Kier alpha value is -0.720. The Morgan fingerprint density at radius 2 is 1.70 bits per heavy atom. The van der Waals surface area contributed by atoms with Gasteiger partial charge in [-0.05, 0) is 63.4 Å². The van der Waals surface area contributed by atoms with E-state index in [0.717, 1.165) is 41.5 Å². The number of aryl methyl sites for hydroxylation is 2. The van der Waals surface area contributed by atoms with Crippen molar-refractivity contribution in [3.8, 4) is 5.69 Å². The fourth-order valence-corrected chi connectivity index (χ4v) is 4.82. The van der Waals surface area contributed by atoms with Crippen molar-refractivity contribution in [2.24, 2.45) is 0 Å². The topological polar surface area (TPSA) is 30.7 Å². The van der Waals surface area contributed by atoms with Gasteiger partial charge in [-0.2, -0.15) is 0 Å². The normalized spacial score (nSPS) is 11.2. The maximum absolute atomic E-state index is 4.58. The number of benzene rings is 1. The molecule has 1 aromatic carbocycles. The predicted octanol–water partition coefficient (Wildman–Crippen LogP) is 5.32. The molecule has 0 radical (unpaired) electrons. The second-order valence-corrected chi connectivity index (χ2v) is 7.18. The fourth-order valence-electron chi connectivity index (χ4n) is 2.18. The van der Waals surface area contributed by atoms with Crippen LogP contribution in [0.25, 0.3) is 16.7 Å². The van der Waals surface area contributed by atoms with Crippen LogP contribution in [0.15, 0.2) is 37.9 Å². The first-order valence-electron chi connectivity index (χ1n) is 5.93. The fraction of sp³-hybridized carbons (Fsp3) is 0.143. The zero-order valence-electron chi connectivity index (χ0n) is 10.8. The molecule has 0 saturated heterocycles. The Kier molecular flexibility index (Phi) is 3.73. The first kappa shape index (κ1) is 14.2. The van der Waals surface area contributed by atoms with E-state index >= 15 is 0 Å². The van der Waals surface area contributed by atoms with Crippen molar-refractivity contribution in [1.82, 2.24) is 14.5 Å². The molecule has 102 valence electrons. The number of nitrogens with zero attached hydrogens (tertiary/aromatic N) is 3. The third kappa shape index (κ3) is 2.34. The lowest BCUT2D eigenvalue weighted by Gasteiger charge is -2.11. The first-order valence-corrected chi connectivity index (χ1v) is 8.31. The molecule has 3 aromatic rings. The van der Waals surface area contributed by atoms with E-state index in [1.807, 2.05) is 25.3 Å². The first-order chi connectivity index (χ1) is 9.47. The van der Waals surface area contributed by atoms with Crippen LogP contribution in [0.2, 0.25) is 0 Å². The average molecular weight is 460 g/mol. The highest BCUT2D eigenvalue weighted by Crippen LogP contribution is 2.35. The molecule has 0 atom stereocenters. The van der Waals surface area contributed by atoms with Crippen molar-refractivity contribution in [3.63, 3.8) is 0 Å². The number of hydrogen-bond acceptors (Lipinski definition) is 2. The Balaban J connectivity index is 2.38. The molecule has 2 heterocycles. The quantitative estimate of drug-likeness (QED) is 0.492. The summed E-state index contributed by atoms with van der Waals surface area (Å²) in [6.07, 6.45) is 3.96. The molecule has 0 unspecified atom stereocenters. The van der Waals surface area contributed by atoms with Crippen LogP contribution in [0.1, 0.15) is 11.4 Å². The van der Waals surface area contributed by atoms with Gasteiger partial charge in [0.15, 0.2) is 0 Å². The van der Waals surface area contributed by atoms with Crippen molar-refractivity contribution in [2.45, 2.75) is 13.8 Å². The van der Waals surface area contributed by atoms with E-state index in [1.165, 1.54) is 0 Å². The van der Waals surface area contributed by atoms with Crippen LogP contribution in [0, 0.1) is 13.8 Å². The van der Waals surface area contributed by atoms with Crippen molar-refractivity contribution in [1.29, 1.82) is 0 Å². The standard InChI is InChI=1S/C14H10Br3N3/c1-7-6-20(14-10(7)5-18-8(2)19-14)13-11(16)3-9(15)4-12(13)17/h3-6H,1-2H3. The van der Waals surface area contributed by atoms with E-state index in [4.69, 9.17) is 0 Å². The van der Waals surface area contributed by atoms with Crippen molar-refractivity contribution in [3.05, 3.63) is 49.3 Å². The van der Waals surface area contributed by atoms with E-state index in [-0.39, 0.29) is 0 Å². The molecule has 0 N–H and O–H groups in total. The van der Waals surface area contributed by atoms with Crippen LogP contribution >= 0.6 is 47.8 Å². The van der Waals surface area contributed by atoms with Gasteiger partial charge < -0.3 is 0 Å². The molecule has 0 aliphatic rings. The van der Waals surface area contributed by atoms with Crippen LogP contribution < -0.4 is 0 Å². The summed E-state index contributed by atoms with van der Waals surface area (Å²) in [5.41, 5.74) is 3.10. The minimum absolute atomic E-state index is 0.765. The largest absolute Gasteiger partial charge is 0.299 e. The van der Waals surface area contributed by atoms with Crippen molar-refractivity contribution in [2.75, 3.05) is 0 Å². The van der Waals surface area contributed by atoms with Gasteiger partial charge in [-0.3, -0.25) is 4.57 Å². The maximum Gasteiger partial charge on any atom is 0.148 e. The average Bonchev–Trinajstić information content (AvgIpc) is 2.65. The molecule has 3 rings (SSSR count). The van der Waals surface area contributed by atoms with E-state index in [2.05, 4.69) is 75.4 Å². The molecule has 0 bridgehead atoms. The molecule has 0 spiro atoms. The monoisotopic (exact) mass is 457 g/mol. The van der Waals surface area contributed by atoms with Gasteiger partial charge in [-0.25, -0.2) is 9.97 Å². The van der Waals surface area contributed by atoms with Gasteiger partial charge in [0.2, 0.25) is 0 Å². The van der Waals surface area contributed by atoms with Gasteiger partial charge >= 0.3 is 0 Å². The predicted molar refractivity (Wildman–Crippen MR) is 91.4 cm³/mol. The second-order valence-electron chi connectivity index (χ2n) is 4.55. The summed E-state index contributed by atoms with van der Waals surface area (Å²) in [7, 11) is 0. The molecule has 0 aliphatic carbocycles. The summed E-state index contributed by atoms with van der Waals surface area (Å²) < 4.78 is 5.08. The molecular weight excluding hydrogens is 450 g/mol. The molecule has 0 amide bonds. The second kappa shape index (κ2) is 5.24. The minimum atomic E-state index is 0.765. The SMILES string of the molecule is Cc1ncc2c(C)cn(-c3c(Br)cc(Br)cc3Br)c2n1. The van der Waals surface area contributed by atoms with Crippen molar-refractivity contribution < 1.29 is 0 Å². The summed E-state index contributed by atoms with van der Waals surface area (Å²) in [5, 5.41) is 1.07. The van der Waals surface area contributed by atoms with Gasteiger partial charge in [0.1, 0.15) is 11.5 Å². The van der Waals surface area contributed by atoms with E-state index in [1.54, 1.807) is 0 Å². The highest BCUT2D eigenvalue weighted by atomic mass is 79.9. The molecule has 6 heteroatoms. The molecule has 0 fully saturated rings. The molecule has 20 heavy (non-hydrogen) atoms. The maximum atomic E-state index is 4.58. The molecular formula is C14H10Br3N3. The van der Waals surface area contributed by atoms with Crippen LogP contribution in [0.5, 0.6) is 0 Å². The number of aromatic nitrogens is 3. The van der Waals surface area contributed by atoms with E-state index < -0.39 is 0 Å². The van der Waals surface area contributed by atoms with Crippen LogP contribution in [0.4, 0.5) is 0 Å². The lowest BCUT2D eigenvalue weighted by molar-refractivity contribution is 1.02. The molecule has 0 aliphatic heterocycles. The van der Waals surface area contributed by atoms with Gasteiger partial charge in [-0.15, -0.1) is 0 Å². The van der Waals surface area contributed by atoms with Crippen LogP contribution in [-0.4, -0.2) is 14.5 Å². The Morgan fingerprint density at radius 3 is 2.35 bits per heavy atom. The van der Waals surface area contributed by atoms with Crippen molar-refractivity contribution >= 4 is 58.8 Å². The zero-order chi connectivity index (χ0) is 14.4. The summed E-state index contributed by atoms with van der Waals surface area (Å²) in [4.78, 5) is 8.85. The third-order valence-electron chi connectivity index (χ3n) is 3.09. The summed E-state index contributed by atoms with van der Waals surface area (Å²) in [6, 6.07) is 4.05. The van der Waals surface area contributed by atoms with E-state index in [0.29, 0.717) is 0 Å². The van der Waals surface area contributed by atoms with Gasteiger partial charge in [0.05, 0.1) is 5.69 Å². The van der Waals surface area contributed by atoms with Crippen LogP contribution in [0.3, 0.4) is 0 Å². The summed E-state index contributed by atoms with van der Waals surface area (Å²) >= 11 is 10.7. The molecule has 2 aromatic heterocycles. The summed E-state index contributed by atoms with van der Waals surface area (Å²) in [6.45, 7) is 3.97. The zero-order valence-corrected chi connectivity index (χ0v) is 15.5. The Labute approximate surface area is 141 Å². The lowest BCUT2D eigenvalue weighted by Crippen LogP contribution is -1.98. The van der Waals surface area contributed by atoms with Gasteiger partial charge in [-0.1, -0.05) is 15.9 Å². The highest BCUT2D eigenvalue weighted by molar-refractivity contribution is 9.11. The molecule has 0 saturated carbocycles.